The molecule has 0 saturated heterocycles. The molecular formula is C15H15NO2. The van der Waals surface area contributed by atoms with Crippen LogP contribution in [-0.2, 0) is 0 Å². The van der Waals surface area contributed by atoms with Crippen molar-refractivity contribution >= 4 is 21.8 Å². The highest BCUT2D eigenvalue weighted by Gasteiger charge is 2.13. The van der Waals surface area contributed by atoms with Crippen molar-refractivity contribution < 1.29 is 9.47 Å². The molecule has 0 radical (unpaired) electrons. The van der Waals surface area contributed by atoms with Gasteiger partial charge in [0.2, 0.25) is 0 Å². The van der Waals surface area contributed by atoms with Gasteiger partial charge in [-0.1, -0.05) is 18.2 Å². The Balaban J connectivity index is 2.39. The van der Waals surface area contributed by atoms with E-state index in [9.17, 15) is 0 Å². The normalized spacial score (nSPS) is 11.0. The predicted octanol–water partition coefficient (Wildman–Crippen LogP) is 3.73. The average Bonchev–Trinajstić information content (AvgIpc) is 2.78. The van der Waals surface area contributed by atoms with Crippen LogP contribution < -0.4 is 9.47 Å². The van der Waals surface area contributed by atoms with Crippen LogP contribution in [0.4, 0.5) is 0 Å². The first-order valence-electron chi connectivity index (χ1n) is 6.05. The number of fused-ring (bicyclic) bond motifs is 3. The Hall–Kier alpha value is -2.16. The molecular weight excluding hydrogens is 226 g/mol. The molecule has 92 valence electrons. The van der Waals surface area contributed by atoms with Gasteiger partial charge in [-0.05, 0) is 25.1 Å². The van der Waals surface area contributed by atoms with Crippen LogP contribution in [0.3, 0.4) is 0 Å². The van der Waals surface area contributed by atoms with Crippen LogP contribution in [-0.4, -0.2) is 18.7 Å². The quantitative estimate of drug-likeness (QED) is 0.758. The zero-order chi connectivity index (χ0) is 12.5. The monoisotopic (exact) mass is 241 g/mol. The van der Waals surface area contributed by atoms with Crippen LogP contribution in [0.1, 0.15) is 6.92 Å². The van der Waals surface area contributed by atoms with Crippen LogP contribution >= 0.6 is 0 Å². The molecule has 0 saturated carbocycles. The lowest BCUT2D eigenvalue weighted by Crippen LogP contribution is -1.96. The topological polar surface area (TPSA) is 34.2 Å². The molecule has 3 rings (SSSR count). The highest BCUT2D eigenvalue weighted by Crippen LogP contribution is 2.38. The van der Waals surface area contributed by atoms with E-state index in [0.717, 1.165) is 27.9 Å². The van der Waals surface area contributed by atoms with Gasteiger partial charge in [-0.25, -0.2) is 0 Å². The van der Waals surface area contributed by atoms with Gasteiger partial charge in [0.15, 0.2) is 11.5 Å². The fourth-order valence-electron chi connectivity index (χ4n) is 2.32. The maximum absolute atomic E-state index is 5.71. The first-order chi connectivity index (χ1) is 8.85. The summed E-state index contributed by atoms with van der Waals surface area (Å²) in [5.41, 5.74) is 2.11. The Morgan fingerprint density at radius 2 is 1.89 bits per heavy atom. The lowest BCUT2D eigenvalue weighted by Gasteiger charge is -2.09. The summed E-state index contributed by atoms with van der Waals surface area (Å²) in [6.07, 6.45) is 0. The molecule has 0 amide bonds. The summed E-state index contributed by atoms with van der Waals surface area (Å²) in [6, 6.07) is 12.3. The second-order valence-electron chi connectivity index (χ2n) is 4.12. The van der Waals surface area contributed by atoms with Gasteiger partial charge in [-0.2, -0.15) is 0 Å². The number of ether oxygens (including phenoxy) is 2. The molecule has 0 aliphatic rings. The molecule has 1 aromatic heterocycles. The minimum atomic E-state index is 0.616. The number of methoxy groups -OCH3 is 1. The molecule has 1 N–H and O–H groups in total. The summed E-state index contributed by atoms with van der Waals surface area (Å²) < 4.78 is 11.1. The third kappa shape index (κ3) is 1.51. The SMILES string of the molecule is CCOc1c(OC)ccc2c1[nH]c1ccccc12. The smallest absolute Gasteiger partial charge is 0.185 e. The highest BCUT2D eigenvalue weighted by atomic mass is 16.5. The molecule has 0 aliphatic heterocycles. The minimum Gasteiger partial charge on any atom is -0.493 e. The lowest BCUT2D eigenvalue weighted by atomic mass is 10.1. The average molecular weight is 241 g/mol. The second kappa shape index (κ2) is 4.26. The maximum Gasteiger partial charge on any atom is 0.185 e. The number of para-hydroxylation sites is 1. The summed E-state index contributed by atoms with van der Waals surface area (Å²) in [5, 5.41) is 2.37. The van der Waals surface area contributed by atoms with E-state index >= 15 is 0 Å². The third-order valence-electron chi connectivity index (χ3n) is 3.11. The number of hydrogen-bond acceptors (Lipinski definition) is 2. The van der Waals surface area contributed by atoms with E-state index in [0.29, 0.717) is 6.61 Å². The van der Waals surface area contributed by atoms with Crippen molar-refractivity contribution in [3.8, 4) is 11.5 Å². The van der Waals surface area contributed by atoms with Crippen molar-refractivity contribution in [3.63, 3.8) is 0 Å². The van der Waals surface area contributed by atoms with Gasteiger partial charge < -0.3 is 14.5 Å². The predicted molar refractivity (Wildman–Crippen MR) is 73.5 cm³/mol. The first-order valence-corrected chi connectivity index (χ1v) is 6.05. The van der Waals surface area contributed by atoms with Gasteiger partial charge in [-0.3, -0.25) is 0 Å². The Bertz CT molecular complexity index is 700. The van der Waals surface area contributed by atoms with Crippen molar-refractivity contribution in [2.45, 2.75) is 6.92 Å². The maximum atomic E-state index is 5.71. The molecule has 0 atom stereocenters. The van der Waals surface area contributed by atoms with E-state index in [-0.39, 0.29) is 0 Å². The molecule has 2 aromatic carbocycles. The van der Waals surface area contributed by atoms with Crippen LogP contribution in [0, 0.1) is 0 Å². The fraction of sp³-hybridized carbons (Fsp3) is 0.200. The van der Waals surface area contributed by atoms with E-state index < -0.39 is 0 Å². The molecule has 1 heterocycles. The highest BCUT2D eigenvalue weighted by molar-refractivity contribution is 6.09. The molecule has 18 heavy (non-hydrogen) atoms. The molecule has 3 aromatic rings. The number of nitrogens with one attached hydrogen (secondary N) is 1. The van der Waals surface area contributed by atoms with Crippen molar-refractivity contribution in [2.75, 3.05) is 13.7 Å². The molecule has 0 bridgehead atoms. The number of aromatic nitrogens is 1. The van der Waals surface area contributed by atoms with Crippen molar-refractivity contribution in [2.24, 2.45) is 0 Å². The van der Waals surface area contributed by atoms with E-state index in [4.69, 9.17) is 9.47 Å². The van der Waals surface area contributed by atoms with Crippen molar-refractivity contribution in [3.05, 3.63) is 36.4 Å². The summed E-state index contributed by atoms with van der Waals surface area (Å²) in [6.45, 7) is 2.59. The number of rotatable bonds is 3. The third-order valence-corrected chi connectivity index (χ3v) is 3.11. The molecule has 0 unspecified atom stereocenters. The van der Waals surface area contributed by atoms with Gasteiger partial charge in [0.25, 0.3) is 0 Å². The minimum absolute atomic E-state index is 0.616. The molecule has 0 spiro atoms. The van der Waals surface area contributed by atoms with Crippen LogP contribution in [0.25, 0.3) is 21.8 Å². The van der Waals surface area contributed by atoms with Gasteiger partial charge in [-0.15, -0.1) is 0 Å². The number of aromatic amines is 1. The van der Waals surface area contributed by atoms with Crippen LogP contribution in [0.5, 0.6) is 11.5 Å². The summed E-state index contributed by atoms with van der Waals surface area (Å²) in [4.78, 5) is 3.40. The number of H-pyrrole nitrogens is 1. The van der Waals surface area contributed by atoms with Crippen molar-refractivity contribution in [1.82, 2.24) is 4.98 Å². The largest absolute Gasteiger partial charge is 0.493 e. The Kier molecular flexibility index (Phi) is 2.59. The van der Waals surface area contributed by atoms with Crippen LogP contribution in [0.15, 0.2) is 36.4 Å². The zero-order valence-corrected chi connectivity index (χ0v) is 10.5. The Morgan fingerprint density at radius 3 is 2.67 bits per heavy atom. The molecule has 3 nitrogen and oxygen atoms in total. The number of benzene rings is 2. The summed E-state index contributed by atoms with van der Waals surface area (Å²) in [5.74, 6) is 1.55. The number of hydrogen-bond donors (Lipinski definition) is 1. The van der Waals surface area contributed by atoms with Gasteiger partial charge in [0.05, 0.1) is 19.2 Å². The first kappa shape index (κ1) is 11.0. The Labute approximate surface area is 105 Å². The van der Waals surface area contributed by atoms with Gasteiger partial charge in [0, 0.05) is 16.3 Å². The summed E-state index contributed by atoms with van der Waals surface area (Å²) >= 11 is 0. The standard InChI is InChI=1S/C15H15NO2/c1-3-18-15-13(17-2)9-8-11-10-6-4-5-7-12(10)16-14(11)15/h4-9,16H,3H2,1-2H3. The fourth-order valence-corrected chi connectivity index (χ4v) is 2.32. The molecule has 3 heteroatoms. The Morgan fingerprint density at radius 1 is 1.06 bits per heavy atom. The van der Waals surface area contributed by atoms with E-state index in [2.05, 4.69) is 23.2 Å². The molecule has 0 fully saturated rings. The van der Waals surface area contributed by atoms with Gasteiger partial charge >= 0.3 is 0 Å². The zero-order valence-electron chi connectivity index (χ0n) is 10.5. The second-order valence-corrected chi connectivity index (χ2v) is 4.12. The molecule has 0 aliphatic carbocycles. The lowest BCUT2D eigenvalue weighted by molar-refractivity contribution is 0.314. The van der Waals surface area contributed by atoms with E-state index in [1.807, 2.05) is 25.1 Å². The van der Waals surface area contributed by atoms with Crippen LogP contribution in [0.2, 0.25) is 0 Å². The summed E-state index contributed by atoms with van der Waals surface area (Å²) in [7, 11) is 1.66. The van der Waals surface area contributed by atoms with Crippen molar-refractivity contribution in [1.29, 1.82) is 0 Å². The van der Waals surface area contributed by atoms with E-state index in [1.165, 1.54) is 5.39 Å². The van der Waals surface area contributed by atoms with Gasteiger partial charge in [0.1, 0.15) is 0 Å². The van der Waals surface area contributed by atoms with E-state index in [1.54, 1.807) is 7.11 Å².